The van der Waals surface area contributed by atoms with Gasteiger partial charge in [-0.3, -0.25) is 0 Å². The van der Waals surface area contributed by atoms with Crippen molar-refractivity contribution in [2.24, 2.45) is 0 Å². The van der Waals surface area contributed by atoms with Crippen LogP contribution in [0.15, 0.2) is 133 Å². The maximum atomic E-state index is 2.47. The summed E-state index contributed by atoms with van der Waals surface area (Å²) in [6, 6.07) is 35.7. The van der Waals surface area contributed by atoms with Crippen molar-refractivity contribution in [3.8, 4) is 0 Å². The molecule has 0 saturated carbocycles. The van der Waals surface area contributed by atoms with E-state index in [-0.39, 0.29) is 5.41 Å². The number of hydrogen-bond acceptors (Lipinski definition) is 1. The molecule has 5 aromatic rings. The number of benzene rings is 4. The van der Waals surface area contributed by atoms with E-state index in [1.54, 1.807) is 0 Å². The lowest BCUT2D eigenvalue weighted by atomic mass is 9.72. The second kappa shape index (κ2) is 8.47. The first-order valence-corrected chi connectivity index (χ1v) is 14.0. The van der Waals surface area contributed by atoms with Crippen LogP contribution >= 0.6 is 0 Å². The summed E-state index contributed by atoms with van der Waals surface area (Å²) in [5.41, 5.74) is 11.9. The normalized spacial score (nSPS) is 20.0. The molecule has 0 bridgehead atoms. The van der Waals surface area contributed by atoms with Gasteiger partial charge in [-0.05, 0) is 91.4 Å². The predicted molar refractivity (Wildman–Crippen MR) is 165 cm³/mol. The lowest BCUT2D eigenvalue weighted by Gasteiger charge is -2.34. The van der Waals surface area contributed by atoms with Crippen LogP contribution in [0.1, 0.15) is 37.3 Å². The second-order valence-corrected chi connectivity index (χ2v) is 11.2. The molecule has 2 heteroatoms. The average molecular weight is 503 g/mol. The van der Waals surface area contributed by atoms with Crippen molar-refractivity contribution in [2.45, 2.75) is 31.6 Å². The lowest BCUT2D eigenvalue weighted by Crippen LogP contribution is -2.28. The zero-order chi connectivity index (χ0) is 26.0. The summed E-state index contributed by atoms with van der Waals surface area (Å²) >= 11 is 0. The molecule has 8 rings (SSSR count). The van der Waals surface area contributed by atoms with Crippen LogP contribution in [0.4, 0.5) is 11.4 Å². The number of fused-ring (bicyclic) bond motifs is 6. The van der Waals surface area contributed by atoms with E-state index in [0.29, 0.717) is 0 Å². The predicted octanol–water partition coefficient (Wildman–Crippen LogP) is 9.77. The molecule has 1 atom stereocenters. The molecule has 1 aliphatic heterocycles. The lowest BCUT2D eigenvalue weighted by molar-refractivity contribution is 0.586. The highest BCUT2D eigenvalue weighted by molar-refractivity contribution is 6.11. The number of aromatic nitrogens is 1. The minimum absolute atomic E-state index is 0.0846. The van der Waals surface area contributed by atoms with Gasteiger partial charge in [0.05, 0.1) is 11.0 Å². The van der Waals surface area contributed by atoms with Crippen LogP contribution in [0.25, 0.3) is 33.1 Å². The molecule has 0 N–H and O–H groups in total. The number of nitrogens with zero attached hydrogens (tertiary/aromatic N) is 2. The summed E-state index contributed by atoms with van der Waals surface area (Å²) in [6.07, 6.45) is 14.6. The second-order valence-electron chi connectivity index (χ2n) is 11.2. The Morgan fingerprint density at radius 3 is 2.38 bits per heavy atom. The Kier molecular flexibility index (Phi) is 4.87. The van der Waals surface area contributed by atoms with Gasteiger partial charge in [-0.2, -0.15) is 0 Å². The molecule has 0 saturated heterocycles. The molecule has 39 heavy (non-hydrogen) atoms. The highest BCUT2D eigenvalue weighted by Crippen LogP contribution is 2.56. The number of allylic oxidation sites excluding steroid dienone is 8. The summed E-state index contributed by atoms with van der Waals surface area (Å²) < 4.78 is 2.47. The van der Waals surface area contributed by atoms with Gasteiger partial charge in [0.15, 0.2) is 0 Å². The zero-order valence-corrected chi connectivity index (χ0v) is 22.1. The quantitative estimate of drug-likeness (QED) is 0.238. The summed E-state index contributed by atoms with van der Waals surface area (Å²) in [6.45, 7) is 2.42. The SMILES string of the molecule is CC12CC(c3ccc4c(c3)c3ccccc3n4C3=CC=CCC3)=CC=C1N(c1ccccc1)c1ccccc12. The van der Waals surface area contributed by atoms with Gasteiger partial charge >= 0.3 is 0 Å². The molecule has 0 spiro atoms. The van der Waals surface area contributed by atoms with E-state index in [1.165, 1.54) is 61.3 Å². The molecule has 2 nitrogen and oxygen atoms in total. The Morgan fingerprint density at radius 1 is 0.718 bits per heavy atom. The molecule has 0 radical (unpaired) electrons. The fourth-order valence-electron chi connectivity index (χ4n) is 7.03. The molecular weight excluding hydrogens is 472 g/mol. The van der Waals surface area contributed by atoms with Gasteiger partial charge in [0.25, 0.3) is 0 Å². The average Bonchev–Trinajstić information content (AvgIpc) is 3.47. The van der Waals surface area contributed by atoms with Crippen LogP contribution in [-0.4, -0.2) is 4.57 Å². The fraction of sp³-hybridized carbons (Fsp3) is 0.135. The van der Waals surface area contributed by atoms with Crippen molar-refractivity contribution >= 4 is 44.5 Å². The van der Waals surface area contributed by atoms with E-state index in [9.17, 15) is 0 Å². The molecule has 2 heterocycles. The Morgan fingerprint density at radius 2 is 1.51 bits per heavy atom. The van der Waals surface area contributed by atoms with Crippen molar-refractivity contribution < 1.29 is 0 Å². The third-order valence-corrected chi connectivity index (χ3v) is 8.87. The van der Waals surface area contributed by atoms with Crippen LogP contribution in [0.2, 0.25) is 0 Å². The van der Waals surface area contributed by atoms with E-state index in [4.69, 9.17) is 0 Å². The van der Waals surface area contributed by atoms with Gasteiger partial charge in [-0.15, -0.1) is 0 Å². The zero-order valence-electron chi connectivity index (χ0n) is 22.1. The van der Waals surface area contributed by atoms with Crippen molar-refractivity contribution in [3.05, 3.63) is 144 Å². The van der Waals surface area contributed by atoms with E-state index >= 15 is 0 Å². The van der Waals surface area contributed by atoms with Gasteiger partial charge in [0, 0.05) is 39.0 Å². The standard InChI is InChI=1S/C37H30N2/c1-37-25-27(21-23-36(37)39(29-14-6-3-7-15-29)35-19-11-9-17-32(35)37)26-20-22-34-31(24-26)30-16-8-10-18-33(30)38(34)28-12-4-2-5-13-28/h2-4,6-12,14-24H,5,13,25H2,1H3. The molecule has 0 fully saturated rings. The van der Waals surface area contributed by atoms with Gasteiger partial charge in [0.1, 0.15) is 0 Å². The molecule has 1 aromatic heterocycles. The number of hydrogen-bond donors (Lipinski definition) is 0. The van der Waals surface area contributed by atoms with Crippen LogP contribution in [0.3, 0.4) is 0 Å². The van der Waals surface area contributed by atoms with E-state index < -0.39 is 0 Å². The van der Waals surface area contributed by atoms with Crippen LogP contribution in [-0.2, 0) is 5.41 Å². The topological polar surface area (TPSA) is 8.17 Å². The van der Waals surface area contributed by atoms with Crippen molar-refractivity contribution in [2.75, 3.05) is 4.90 Å². The summed E-state index contributed by atoms with van der Waals surface area (Å²) in [4.78, 5) is 2.45. The Hall–Kier alpha value is -4.56. The Bertz CT molecular complexity index is 1900. The largest absolute Gasteiger partial charge is 0.313 e. The highest BCUT2D eigenvalue weighted by atomic mass is 15.2. The number of rotatable bonds is 3. The number of para-hydroxylation sites is 3. The first-order chi connectivity index (χ1) is 19.2. The summed E-state index contributed by atoms with van der Waals surface area (Å²) in [5, 5.41) is 2.65. The first kappa shape index (κ1) is 22.4. The van der Waals surface area contributed by atoms with Gasteiger partial charge in [0.2, 0.25) is 0 Å². The minimum Gasteiger partial charge on any atom is -0.313 e. The highest BCUT2D eigenvalue weighted by Gasteiger charge is 2.45. The van der Waals surface area contributed by atoms with Gasteiger partial charge < -0.3 is 9.47 Å². The summed E-state index contributed by atoms with van der Waals surface area (Å²) in [7, 11) is 0. The molecular formula is C37H30N2. The molecule has 4 aromatic carbocycles. The smallest absolute Gasteiger partial charge is 0.0538 e. The van der Waals surface area contributed by atoms with Gasteiger partial charge in [-0.25, -0.2) is 0 Å². The van der Waals surface area contributed by atoms with Crippen molar-refractivity contribution in [1.82, 2.24) is 4.57 Å². The van der Waals surface area contributed by atoms with E-state index in [2.05, 4.69) is 144 Å². The Balaban J connectivity index is 1.28. The van der Waals surface area contributed by atoms with Crippen molar-refractivity contribution in [3.63, 3.8) is 0 Å². The monoisotopic (exact) mass is 502 g/mol. The van der Waals surface area contributed by atoms with Crippen LogP contribution in [0, 0.1) is 0 Å². The molecule has 1 unspecified atom stereocenters. The Labute approximate surface area is 229 Å². The molecule has 188 valence electrons. The minimum atomic E-state index is -0.0846. The first-order valence-electron chi connectivity index (χ1n) is 14.0. The van der Waals surface area contributed by atoms with E-state index in [0.717, 1.165) is 19.3 Å². The van der Waals surface area contributed by atoms with Crippen molar-refractivity contribution in [1.29, 1.82) is 0 Å². The summed E-state index contributed by atoms with van der Waals surface area (Å²) in [5.74, 6) is 0. The third kappa shape index (κ3) is 3.28. The third-order valence-electron chi connectivity index (χ3n) is 8.87. The maximum absolute atomic E-state index is 2.47. The van der Waals surface area contributed by atoms with Crippen LogP contribution in [0.5, 0.6) is 0 Å². The van der Waals surface area contributed by atoms with Gasteiger partial charge in [-0.1, -0.05) is 78.9 Å². The number of anilines is 2. The van der Waals surface area contributed by atoms with Crippen LogP contribution < -0.4 is 4.90 Å². The molecule has 0 amide bonds. The molecule has 3 aliphatic rings. The maximum Gasteiger partial charge on any atom is 0.0538 e. The molecule has 2 aliphatic carbocycles. The van der Waals surface area contributed by atoms with E-state index in [1.807, 2.05) is 0 Å². The fourth-order valence-corrected chi connectivity index (χ4v) is 7.03.